The van der Waals surface area contributed by atoms with Crippen molar-refractivity contribution in [1.82, 2.24) is 4.90 Å². The van der Waals surface area contributed by atoms with Crippen LogP contribution in [0.3, 0.4) is 0 Å². The summed E-state index contributed by atoms with van der Waals surface area (Å²) in [4.78, 5) is 2.22. The van der Waals surface area contributed by atoms with Crippen LogP contribution in [-0.4, -0.2) is 85.6 Å². The van der Waals surface area contributed by atoms with E-state index in [0.717, 1.165) is 25.7 Å². The van der Waals surface area contributed by atoms with E-state index in [1.54, 1.807) is 6.08 Å². The van der Waals surface area contributed by atoms with E-state index in [0.29, 0.717) is 25.2 Å². The van der Waals surface area contributed by atoms with Gasteiger partial charge in [-0.2, -0.15) is 13.2 Å². The van der Waals surface area contributed by atoms with E-state index in [4.69, 9.17) is 15.2 Å². The number of hydrogen-bond acceptors (Lipinski definition) is 6. The Morgan fingerprint density at radius 2 is 1.89 bits per heavy atom. The van der Waals surface area contributed by atoms with Gasteiger partial charge in [0.2, 0.25) is 0 Å². The summed E-state index contributed by atoms with van der Waals surface area (Å²) in [5.41, 5.74) is 4.41. The molecule has 6 nitrogen and oxygen atoms in total. The summed E-state index contributed by atoms with van der Waals surface area (Å²) in [5.74, 6) is 0. The Morgan fingerprint density at radius 1 is 1.21 bits per heavy atom. The maximum atomic E-state index is 13.5. The Kier molecular flexibility index (Phi) is 8.91. The SMILES string of the molecule is NC(CO)(CO)CCC1=CCC(OCCCN2CCOCC2)C(C(F)(F)F)=C1. The number of ether oxygens (including phenoxy) is 2. The van der Waals surface area contributed by atoms with Gasteiger partial charge < -0.3 is 25.4 Å². The number of hydrogen-bond donors (Lipinski definition) is 3. The summed E-state index contributed by atoms with van der Waals surface area (Å²) in [7, 11) is 0. The topological polar surface area (TPSA) is 88.2 Å². The highest BCUT2D eigenvalue weighted by Gasteiger charge is 2.40. The minimum absolute atomic E-state index is 0.147. The molecule has 0 bridgehead atoms. The fourth-order valence-electron chi connectivity index (χ4n) is 3.27. The lowest BCUT2D eigenvalue weighted by Crippen LogP contribution is -2.47. The number of aliphatic hydroxyl groups is 2. The zero-order valence-corrected chi connectivity index (χ0v) is 16.1. The lowest BCUT2D eigenvalue weighted by Gasteiger charge is -2.29. The molecule has 1 aliphatic carbocycles. The van der Waals surface area contributed by atoms with Crippen LogP contribution in [0.4, 0.5) is 13.2 Å². The molecule has 1 fully saturated rings. The highest BCUT2D eigenvalue weighted by Crippen LogP contribution is 2.36. The van der Waals surface area contributed by atoms with Gasteiger partial charge in [0.25, 0.3) is 0 Å². The van der Waals surface area contributed by atoms with E-state index in [1.165, 1.54) is 0 Å². The first-order chi connectivity index (χ1) is 13.3. The average molecular weight is 408 g/mol. The predicted molar refractivity (Wildman–Crippen MR) is 98.8 cm³/mol. The van der Waals surface area contributed by atoms with Crippen molar-refractivity contribution in [3.05, 3.63) is 23.3 Å². The molecule has 162 valence electrons. The monoisotopic (exact) mass is 408 g/mol. The van der Waals surface area contributed by atoms with Crippen molar-refractivity contribution in [1.29, 1.82) is 0 Å². The molecule has 1 atom stereocenters. The fourth-order valence-corrected chi connectivity index (χ4v) is 3.27. The van der Waals surface area contributed by atoms with Crippen LogP contribution in [0.5, 0.6) is 0 Å². The van der Waals surface area contributed by atoms with E-state index in [9.17, 15) is 23.4 Å². The molecule has 2 rings (SSSR count). The lowest BCUT2D eigenvalue weighted by molar-refractivity contribution is -0.111. The largest absolute Gasteiger partial charge is 0.415 e. The van der Waals surface area contributed by atoms with Crippen LogP contribution in [0.25, 0.3) is 0 Å². The first-order valence-electron chi connectivity index (χ1n) is 9.67. The molecule has 1 unspecified atom stereocenters. The smallest absolute Gasteiger partial charge is 0.394 e. The van der Waals surface area contributed by atoms with Gasteiger partial charge >= 0.3 is 6.18 Å². The summed E-state index contributed by atoms with van der Waals surface area (Å²) in [6.07, 6.45) is -1.38. The fraction of sp³-hybridized carbons (Fsp3) is 0.789. The number of rotatable bonds is 10. The zero-order chi connectivity index (χ0) is 20.6. The molecule has 1 saturated heterocycles. The van der Waals surface area contributed by atoms with Gasteiger partial charge in [-0.15, -0.1) is 0 Å². The van der Waals surface area contributed by atoms with Crippen molar-refractivity contribution < 1.29 is 32.9 Å². The molecule has 9 heteroatoms. The standard InChI is InChI=1S/C19H31F3N2O4/c20-19(21,22)16-12-15(4-5-18(23,13-25)14-26)2-3-17(16)28-9-1-6-24-7-10-27-11-8-24/h2,12,17,25-26H,1,3-11,13-14,23H2. The Bertz CT molecular complexity index is 542. The Balaban J connectivity index is 1.86. The van der Waals surface area contributed by atoms with Gasteiger partial charge in [0.15, 0.2) is 0 Å². The molecule has 2 aliphatic rings. The van der Waals surface area contributed by atoms with Crippen LogP contribution < -0.4 is 5.73 Å². The van der Waals surface area contributed by atoms with Crippen molar-refractivity contribution in [2.75, 3.05) is 52.7 Å². The second-order valence-corrected chi connectivity index (χ2v) is 7.46. The number of aliphatic hydroxyl groups excluding tert-OH is 2. The third-order valence-electron chi connectivity index (χ3n) is 5.19. The molecule has 0 aromatic heterocycles. The minimum Gasteiger partial charge on any atom is -0.394 e. The Morgan fingerprint density at radius 3 is 2.50 bits per heavy atom. The van der Waals surface area contributed by atoms with Gasteiger partial charge in [-0.05, 0) is 31.8 Å². The third-order valence-corrected chi connectivity index (χ3v) is 5.19. The van der Waals surface area contributed by atoms with Gasteiger partial charge in [0.05, 0.1) is 43.6 Å². The van der Waals surface area contributed by atoms with Gasteiger partial charge in [-0.3, -0.25) is 4.90 Å². The highest BCUT2D eigenvalue weighted by molar-refractivity contribution is 5.33. The van der Waals surface area contributed by atoms with Crippen LogP contribution >= 0.6 is 0 Å². The molecule has 0 amide bonds. The number of alkyl halides is 3. The summed E-state index contributed by atoms with van der Waals surface area (Å²) in [6.45, 7) is 3.25. The van der Waals surface area contributed by atoms with Crippen LogP contribution in [0.2, 0.25) is 0 Å². The number of nitrogens with two attached hydrogens (primary N) is 1. The van der Waals surface area contributed by atoms with E-state index < -0.39 is 36.6 Å². The van der Waals surface area contributed by atoms with Crippen molar-refractivity contribution in [3.63, 3.8) is 0 Å². The maximum absolute atomic E-state index is 13.5. The summed E-state index contributed by atoms with van der Waals surface area (Å²) in [5, 5.41) is 18.4. The molecule has 0 saturated carbocycles. The van der Waals surface area contributed by atoms with Crippen LogP contribution in [0.1, 0.15) is 25.7 Å². The third kappa shape index (κ3) is 7.13. The average Bonchev–Trinajstić information content (AvgIpc) is 2.70. The van der Waals surface area contributed by atoms with Gasteiger partial charge in [-0.25, -0.2) is 0 Å². The molecule has 1 heterocycles. The second kappa shape index (κ2) is 10.7. The number of nitrogens with zero attached hydrogens (tertiary/aromatic N) is 1. The summed E-state index contributed by atoms with van der Waals surface area (Å²) < 4.78 is 51.2. The van der Waals surface area contributed by atoms with Crippen molar-refractivity contribution in [2.24, 2.45) is 5.73 Å². The lowest BCUT2D eigenvalue weighted by atomic mass is 9.89. The highest BCUT2D eigenvalue weighted by atomic mass is 19.4. The summed E-state index contributed by atoms with van der Waals surface area (Å²) in [6, 6.07) is 0. The number of halogens is 3. The molecule has 0 aromatic rings. The van der Waals surface area contributed by atoms with Crippen molar-refractivity contribution in [3.8, 4) is 0 Å². The molecule has 1 aliphatic heterocycles. The molecule has 0 spiro atoms. The van der Waals surface area contributed by atoms with Gasteiger partial charge in [0.1, 0.15) is 0 Å². The maximum Gasteiger partial charge on any atom is 0.415 e. The quantitative estimate of drug-likeness (QED) is 0.474. The Labute approximate surface area is 163 Å². The molecule has 0 aromatic carbocycles. The molecular weight excluding hydrogens is 377 g/mol. The van der Waals surface area contributed by atoms with E-state index in [-0.39, 0.29) is 25.9 Å². The molecule has 28 heavy (non-hydrogen) atoms. The molecule has 0 radical (unpaired) electrons. The Hall–Kier alpha value is -0.970. The van der Waals surface area contributed by atoms with E-state index >= 15 is 0 Å². The van der Waals surface area contributed by atoms with E-state index in [1.807, 2.05) is 0 Å². The van der Waals surface area contributed by atoms with Crippen molar-refractivity contribution >= 4 is 0 Å². The van der Waals surface area contributed by atoms with Crippen LogP contribution in [0.15, 0.2) is 23.3 Å². The molecular formula is C19H31F3N2O4. The van der Waals surface area contributed by atoms with Gasteiger partial charge in [-0.1, -0.05) is 11.6 Å². The first kappa shape index (κ1) is 23.3. The number of allylic oxidation sites excluding steroid dienone is 2. The van der Waals surface area contributed by atoms with Crippen molar-refractivity contribution in [2.45, 2.75) is 43.5 Å². The minimum atomic E-state index is -4.47. The number of morpholine rings is 1. The second-order valence-electron chi connectivity index (χ2n) is 7.46. The van der Waals surface area contributed by atoms with E-state index in [2.05, 4.69) is 4.90 Å². The zero-order valence-electron chi connectivity index (χ0n) is 16.1. The van der Waals surface area contributed by atoms with Gasteiger partial charge in [0, 0.05) is 26.2 Å². The summed E-state index contributed by atoms with van der Waals surface area (Å²) >= 11 is 0. The van der Waals surface area contributed by atoms with Crippen LogP contribution in [0, 0.1) is 0 Å². The predicted octanol–water partition coefficient (Wildman–Crippen LogP) is 1.37. The normalized spacial score (nSPS) is 22.1. The molecule has 4 N–H and O–H groups in total. The van der Waals surface area contributed by atoms with Crippen LogP contribution in [-0.2, 0) is 9.47 Å². The first-order valence-corrected chi connectivity index (χ1v) is 9.67.